The number of nitrogens with zero attached hydrogens (tertiary/aromatic N) is 2. The third kappa shape index (κ3) is 5.89. The SMILES string of the molecule is COc1ccc(NC(=O)CN(c2ccc(C)cc2C)S(C)(=O)=O)cc1S(=O)(=O)N1CCCCC1. The molecule has 1 N–H and O–H groups in total. The van der Waals surface area contributed by atoms with Gasteiger partial charge in [-0.25, -0.2) is 16.8 Å². The lowest BCUT2D eigenvalue weighted by molar-refractivity contribution is -0.114. The van der Waals surface area contributed by atoms with Crippen LogP contribution in [0.5, 0.6) is 5.75 Å². The average Bonchev–Trinajstić information content (AvgIpc) is 2.78. The van der Waals surface area contributed by atoms with Gasteiger partial charge in [0.15, 0.2) is 0 Å². The molecular formula is C23H31N3O6S2. The second-order valence-electron chi connectivity index (χ2n) is 8.44. The fourth-order valence-corrected chi connectivity index (χ4v) is 6.61. The number of piperidine rings is 1. The molecule has 0 radical (unpaired) electrons. The molecule has 0 saturated carbocycles. The van der Waals surface area contributed by atoms with Crippen LogP contribution in [-0.4, -0.2) is 60.0 Å². The van der Waals surface area contributed by atoms with Crippen molar-refractivity contribution in [3.63, 3.8) is 0 Å². The first-order valence-corrected chi connectivity index (χ1v) is 14.3. The Morgan fingerprint density at radius 1 is 1.03 bits per heavy atom. The van der Waals surface area contributed by atoms with Crippen LogP contribution in [-0.2, 0) is 24.8 Å². The van der Waals surface area contributed by atoms with Gasteiger partial charge in [0.05, 0.1) is 19.1 Å². The number of aryl methyl sites for hydroxylation is 2. The summed E-state index contributed by atoms with van der Waals surface area (Å²) in [7, 11) is -6.17. The maximum Gasteiger partial charge on any atom is 0.246 e. The maximum absolute atomic E-state index is 13.2. The van der Waals surface area contributed by atoms with E-state index in [4.69, 9.17) is 4.74 Å². The van der Waals surface area contributed by atoms with E-state index in [0.29, 0.717) is 18.8 Å². The number of sulfonamides is 2. The van der Waals surface area contributed by atoms with Crippen LogP contribution in [0.25, 0.3) is 0 Å². The van der Waals surface area contributed by atoms with Crippen LogP contribution in [0.3, 0.4) is 0 Å². The molecule has 1 fully saturated rings. The lowest BCUT2D eigenvalue weighted by atomic mass is 10.1. The molecule has 2 aromatic carbocycles. The second kappa shape index (κ2) is 10.3. The molecule has 11 heteroatoms. The Bertz CT molecular complexity index is 1270. The van der Waals surface area contributed by atoms with Crippen LogP contribution >= 0.6 is 0 Å². The van der Waals surface area contributed by atoms with Crippen molar-refractivity contribution in [1.82, 2.24) is 4.31 Å². The van der Waals surface area contributed by atoms with Gasteiger partial charge in [-0.3, -0.25) is 9.10 Å². The molecule has 1 aliphatic heterocycles. The number of benzene rings is 2. The van der Waals surface area contributed by atoms with Crippen molar-refractivity contribution < 1.29 is 26.4 Å². The number of carbonyl (C=O) groups is 1. The number of anilines is 2. The van der Waals surface area contributed by atoms with E-state index in [9.17, 15) is 21.6 Å². The summed E-state index contributed by atoms with van der Waals surface area (Å²) in [6.07, 6.45) is 3.60. The first kappa shape index (κ1) is 26.0. The molecule has 0 aliphatic carbocycles. The van der Waals surface area contributed by atoms with Gasteiger partial charge in [-0.05, 0) is 56.5 Å². The van der Waals surface area contributed by atoms with Gasteiger partial charge >= 0.3 is 0 Å². The summed E-state index contributed by atoms with van der Waals surface area (Å²) in [6.45, 7) is 4.08. The first-order valence-electron chi connectivity index (χ1n) is 11.0. The molecule has 186 valence electrons. The van der Waals surface area contributed by atoms with Gasteiger partial charge in [0.1, 0.15) is 17.2 Å². The van der Waals surface area contributed by atoms with E-state index in [1.54, 1.807) is 19.1 Å². The molecule has 9 nitrogen and oxygen atoms in total. The Morgan fingerprint density at radius 2 is 1.71 bits per heavy atom. The van der Waals surface area contributed by atoms with Crippen molar-refractivity contribution in [3.05, 3.63) is 47.5 Å². The molecule has 0 atom stereocenters. The van der Waals surface area contributed by atoms with E-state index >= 15 is 0 Å². The number of rotatable bonds is 8. The minimum Gasteiger partial charge on any atom is -0.495 e. The summed E-state index contributed by atoms with van der Waals surface area (Å²) >= 11 is 0. The van der Waals surface area contributed by atoms with Gasteiger partial charge < -0.3 is 10.1 Å². The predicted octanol–water partition coefficient (Wildman–Crippen LogP) is 2.89. The van der Waals surface area contributed by atoms with Crippen molar-refractivity contribution in [2.75, 3.05) is 42.6 Å². The molecule has 1 heterocycles. The van der Waals surface area contributed by atoms with Crippen LogP contribution in [0, 0.1) is 13.8 Å². The third-order valence-electron chi connectivity index (χ3n) is 5.69. The smallest absolute Gasteiger partial charge is 0.246 e. The van der Waals surface area contributed by atoms with Gasteiger partial charge in [-0.15, -0.1) is 0 Å². The summed E-state index contributed by atoms with van der Waals surface area (Å²) in [4.78, 5) is 12.8. The molecule has 0 aromatic heterocycles. The highest BCUT2D eigenvalue weighted by Crippen LogP contribution is 2.31. The normalized spacial score (nSPS) is 15.1. The minimum absolute atomic E-state index is 0.0379. The Kier molecular flexibility index (Phi) is 7.89. The number of carbonyl (C=O) groups excluding carboxylic acids is 1. The summed E-state index contributed by atoms with van der Waals surface area (Å²) < 4.78 is 59.0. The topological polar surface area (TPSA) is 113 Å². The zero-order chi connectivity index (χ0) is 25.1. The minimum atomic E-state index is -3.81. The number of nitrogens with one attached hydrogen (secondary N) is 1. The van der Waals surface area contributed by atoms with Gasteiger partial charge in [0, 0.05) is 18.8 Å². The van der Waals surface area contributed by atoms with E-state index in [1.807, 2.05) is 13.0 Å². The Morgan fingerprint density at radius 3 is 2.29 bits per heavy atom. The molecular weight excluding hydrogens is 478 g/mol. The first-order chi connectivity index (χ1) is 15.9. The molecule has 2 aromatic rings. The average molecular weight is 510 g/mol. The zero-order valence-electron chi connectivity index (χ0n) is 19.9. The molecule has 0 unspecified atom stereocenters. The third-order valence-corrected chi connectivity index (χ3v) is 8.74. The number of ether oxygens (including phenoxy) is 1. The second-order valence-corrected chi connectivity index (χ2v) is 12.3. The highest BCUT2D eigenvalue weighted by molar-refractivity contribution is 7.92. The monoisotopic (exact) mass is 509 g/mol. The molecule has 1 aliphatic rings. The van der Waals surface area contributed by atoms with Crippen molar-refractivity contribution >= 4 is 37.3 Å². The highest BCUT2D eigenvalue weighted by atomic mass is 32.2. The largest absolute Gasteiger partial charge is 0.495 e. The van der Waals surface area contributed by atoms with Crippen LogP contribution in [0.15, 0.2) is 41.3 Å². The number of hydrogen-bond donors (Lipinski definition) is 1. The van der Waals surface area contributed by atoms with Gasteiger partial charge in [-0.2, -0.15) is 4.31 Å². The Balaban J connectivity index is 1.87. The number of hydrogen-bond acceptors (Lipinski definition) is 6. The molecule has 1 saturated heterocycles. The van der Waals surface area contributed by atoms with Crippen molar-refractivity contribution in [2.24, 2.45) is 0 Å². The summed E-state index contributed by atoms with van der Waals surface area (Å²) in [5.74, 6) is -0.423. The lowest BCUT2D eigenvalue weighted by Crippen LogP contribution is -2.38. The van der Waals surface area contributed by atoms with Crippen LogP contribution in [0.4, 0.5) is 11.4 Å². The van der Waals surface area contributed by atoms with Gasteiger partial charge in [-0.1, -0.05) is 24.1 Å². The van der Waals surface area contributed by atoms with E-state index in [-0.39, 0.29) is 16.3 Å². The van der Waals surface area contributed by atoms with E-state index in [1.165, 1.54) is 29.6 Å². The molecule has 1 amide bonds. The van der Waals surface area contributed by atoms with Gasteiger partial charge in [0.2, 0.25) is 26.0 Å². The van der Waals surface area contributed by atoms with E-state index in [0.717, 1.165) is 41.0 Å². The van der Waals surface area contributed by atoms with Crippen LogP contribution in [0.2, 0.25) is 0 Å². The lowest BCUT2D eigenvalue weighted by Gasteiger charge is -2.27. The molecule has 0 spiro atoms. The maximum atomic E-state index is 13.2. The van der Waals surface area contributed by atoms with Crippen LogP contribution < -0.4 is 14.4 Å². The van der Waals surface area contributed by atoms with E-state index in [2.05, 4.69) is 5.32 Å². The molecule has 3 rings (SSSR count). The summed E-state index contributed by atoms with van der Waals surface area (Å²) in [5.41, 5.74) is 2.33. The zero-order valence-corrected chi connectivity index (χ0v) is 21.5. The standard InChI is InChI=1S/C23H31N3O6S2/c1-17-8-10-20(18(2)14-17)26(33(4,28)29)16-23(27)24-19-9-11-21(32-3)22(15-19)34(30,31)25-12-6-5-7-13-25/h8-11,14-15H,5-7,12-13,16H2,1-4H3,(H,24,27). The quantitative estimate of drug-likeness (QED) is 0.586. The van der Waals surface area contributed by atoms with Crippen molar-refractivity contribution in [2.45, 2.75) is 38.0 Å². The Hall–Kier alpha value is -2.63. The van der Waals surface area contributed by atoms with E-state index < -0.39 is 32.5 Å². The molecule has 34 heavy (non-hydrogen) atoms. The van der Waals surface area contributed by atoms with Crippen molar-refractivity contribution in [3.8, 4) is 5.75 Å². The fraction of sp³-hybridized carbons (Fsp3) is 0.435. The van der Waals surface area contributed by atoms with Crippen molar-refractivity contribution in [1.29, 1.82) is 0 Å². The fourth-order valence-electron chi connectivity index (χ4n) is 4.00. The van der Waals surface area contributed by atoms with Gasteiger partial charge in [0.25, 0.3) is 0 Å². The summed E-state index contributed by atoms with van der Waals surface area (Å²) in [6, 6.07) is 9.63. The molecule has 0 bridgehead atoms. The Labute approximate surface area is 201 Å². The summed E-state index contributed by atoms with van der Waals surface area (Å²) in [5, 5.41) is 2.63. The highest BCUT2D eigenvalue weighted by Gasteiger charge is 2.29. The van der Waals surface area contributed by atoms with Crippen LogP contribution in [0.1, 0.15) is 30.4 Å². The number of amides is 1. The predicted molar refractivity (Wildman–Crippen MR) is 132 cm³/mol. The number of methoxy groups -OCH3 is 1.